The summed E-state index contributed by atoms with van der Waals surface area (Å²) in [7, 11) is 2.14. The highest BCUT2D eigenvalue weighted by molar-refractivity contribution is 5.56. The molecule has 0 saturated carbocycles. The van der Waals surface area contributed by atoms with Crippen LogP contribution in [0.4, 0.5) is 0 Å². The molecule has 0 amide bonds. The van der Waals surface area contributed by atoms with Crippen molar-refractivity contribution in [1.29, 1.82) is 0 Å². The molecule has 1 aliphatic heterocycles. The quantitative estimate of drug-likeness (QED) is 0.939. The van der Waals surface area contributed by atoms with Crippen LogP contribution >= 0.6 is 0 Å². The summed E-state index contributed by atoms with van der Waals surface area (Å²) in [5.41, 5.74) is 2.67. The second-order valence-electron chi connectivity index (χ2n) is 6.49. The molecule has 124 valence electrons. The van der Waals surface area contributed by atoms with Gasteiger partial charge in [-0.3, -0.25) is 9.48 Å². The lowest BCUT2D eigenvalue weighted by atomic mass is 9.93. The highest BCUT2D eigenvalue weighted by Crippen LogP contribution is 2.27. The predicted octanol–water partition coefficient (Wildman–Crippen LogP) is 2.16. The van der Waals surface area contributed by atoms with Gasteiger partial charge in [-0.2, -0.15) is 5.10 Å². The summed E-state index contributed by atoms with van der Waals surface area (Å²) in [6.45, 7) is 7.07. The van der Waals surface area contributed by atoms with Gasteiger partial charge in [0.15, 0.2) is 0 Å². The molecule has 6 heteroatoms. The fourth-order valence-corrected chi connectivity index (χ4v) is 3.21. The van der Waals surface area contributed by atoms with Crippen LogP contribution in [-0.2, 0) is 6.54 Å². The summed E-state index contributed by atoms with van der Waals surface area (Å²) in [6, 6.07) is 1.66. The SMILES string of the molecule is CCCn1cc(-c2nc(C3CCN(C)CC3)cc(=O)[nH]2)c(C)n1. The molecule has 6 nitrogen and oxygen atoms in total. The minimum atomic E-state index is -0.0773. The number of rotatable bonds is 4. The van der Waals surface area contributed by atoms with Crippen molar-refractivity contribution in [3.63, 3.8) is 0 Å². The van der Waals surface area contributed by atoms with Gasteiger partial charge < -0.3 is 9.88 Å². The average Bonchev–Trinajstić information content (AvgIpc) is 2.88. The third kappa shape index (κ3) is 3.52. The first-order valence-corrected chi connectivity index (χ1v) is 8.41. The van der Waals surface area contributed by atoms with Crippen LogP contribution in [0, 0.1) is 6.92 Å². The van der Waals surface area contributed by atoms with E-state index in [9.17, 15) is 4.79 Å². The van der Waals surface area contributed by atoms with Crippen LogP contribution < -0.4 is 5.56 Å². The summed E-state index contributed by atoms with van der Waals surface area (Å²) < 4.78 is 1.92. The molecule has 2 aromatic rings. The first-order chi connectivity index (χ1) is 11.1. The Hall–Kier alpha value is -1.95. The van der Waals surface area contributed by atoms with Crippen LogP contribution in [0.5, 0.6) is 0 Å². The zero-order chi connectivity index (χ0) is 16.4. The lowest BCUT2D eigenvalue weighted by Gasteiger charge is -2.28. The Labute approximate surface area is 136 Å². The van der Waals surface area contributed by atoms with Crippen molar-refractivity contribution in [2.24, 2.45) is 0 Å². The molecule has 1 fully saturated rings. The van der Waals surface area contributed by atoms with E-state index in [-0.39, 0.29) is 5.56 Å². The molecule has 0 unspecified atom stereocenters. The second kappa shape index (κ2) is 6.66. The fraction of sp³-hybridized carbons (Fsp3) is 0.588. The van der Waals surface area contributed by atoms with E-state index >= 15 is 0 Å². The monoisotopic (exact) mass is 315 g/mol. The molecule has 3 heterocycles. The molecule has 1 N–H and O–H groups in total. The van der Waals surface area contributed by atoms with Crippen LogP contribution in [0.3, 0.4) is 0 Å². The summed E-state index contributed by atoms with van der Waals surface area (Å²) in [5.74, 6) is 1.02. The Morgan fingerprint density at radius 3 is 2.78 bits per heavy atom. The van der Waals surface area contributed by atoms with Gasteiger partial charge in [-0.1, -0.05) is 6.92 Å². The molecule has 0 bridgehead atoms. The summed E-state index contributed by atoms with van der Waals surface area (Å²) in [5, 5.41) is 4.51. The number of likely N-dealkylation sites (tertiary alicyclic amines) is 1. The molecule has 1 saturated heterocycles. The summed E-state index contributed by atoms with van der Waals surface area (Å²) >= 11 is 0. The number of H-pyrrole nitrogens is 1. The van der Waals surface area contributed by atoms with Crippen LogP contribution in [0.15, 0.2) is 17.1 Å². The van der Waals surface area contributed by atoms with E-state index in [1.54, 1.807) is 6.07 Å². The van der Waals surface area contributed by atoms with Gasteiger partial charge in [0, 0.05) is 24.7 Å². The third-order valence-electron chi connectivity index (χ3n) is 4.55. The smallest absolute Gasteiger partial charge is 0.251 e. The number of nitrogens with one attached hydrogen (secondary N) is 1. The Kier molecular flexibility index (Phi) is 4.61. The van der Waals surface area contributed by atoms with Crippen molar-refractivity contribution in [1.82, 2.24) is 24.6 Å². The minimum absolute atomic E-state index is 0.0773. The van der Waals surface area contributed by atoms with E-state index in [1.807, 2.05) is 17.8 Å². The van der Waals surface area contributed by atoms with E-state index in [1.165, 1.54) is 0 Å². The molecule has 0 atom stereocenters. The summed E-state index contributed by atoms with van der Waals surface area (Å²) in [6.07, 6.45) is 5.12. The van der Waals surface area contributed by atoms with Crippen LogP contribution in [0.2, 0.25) is 0 Å². The van der Waals surface area contributed by atoms with Gasteiger partial charge in [0.1, 0.15) is 5.82 Å². The number of aromatic nitrogens is 4. The van der Waals surface area contributed by atoms with Crippen LogP contribution in [0.1, 0.15) is 43.5 Å². The van der Waals surface area contributed by atoms with Crippen molar-refractivity contribution in [2.45, 2.75) is 45.6 Å². The van der Waals surface area contributed by atoms with E-state index in [0.29, 0.717) is 11.7 Å². The first-order valence-electron chi connectivity index (χ1n) is 8.41. The normalized spacial score (nSPS) is 16.8. The van der Waals surface area contributed by atoms with Crippen molar-refractivity contribution in [2.75, 3.05) is 20.1 Å². The number of aromatic amines is 1. The van der Waals surface area contributed by atoms with Gasteiger partial charge in [-0.05, 0) is 46.3 Å². The van der Waals surface area contributed by atoms with Crippen molar-refractivity contribution in [3.8, 4) is 11.4 Å². The molecular weight excluding hydrogens is 290 g/mol. The summed E-state index contributed by atoms with van der Waals surface area (Å²) in [4.78, 5) is 22.1. The van der Waals surface area contributed by atoms with Crippen molar-refractivity contribution in [3.05, 3.63) is 34.0 Å². The molecule has 0 radical (unpaired) electrons. The highest BCUT2D eigenvalue weighted by Gasteiger charge is 2.21. The highest BCUT2D eigenvalue weighted by atomic mass is 16.1. The van der Waals surface area contributed by atoms with Gasteiger partial charge in [0.2, 0.25) is 0 Å². The molecule has 1 aliphatic rings. The number of nitrogens with zero attached hydrogens (tertiary/aromatic N) is 4. The van der Waals surface area contributed by atoms with E-state index in [0.717, 1.165) is 55.8 Å². The molecule has 0 aromatic carbocycles. The number of piperidine rings is 1. The van der Waals surface area contributed by atoms with Gasteiger partial charge >= 0.3 is 0 Å². The molecule has 23 heavy (non-hydrogen) atoms. The molecule has 0 aliphatic carbocycles. The second-order valence-corrected chi connectivity index (χ2v) is 6.49. The largest absolute Gasteiger partial charge is 0.306 e. The standard InChI is InChI=1S/C17H25N5O/c1-4-7-22-11-14(12(2)20-22)17-18-15(10-16(23)19-17)13-5-8-21(3)9-6-13/h10-11,13H,4-9H2,1-3H3,(H,18,19,23). The topological polar surface area (TPSA) is 66.8 Å². The van der Waals surface area contributed by atoms with Crippen LogP contribution in [0.25, 0.3) is 11.4 Å². The van der Waals surface area contributed by atoms with Crippen molar-refractivity contribution >= 4 is 0 Å². The van der Waals surface area contributed by atoms with E-state index in [4.69, 9.17) is 4.98 Å². The number of hydrogen-bond acceptors (Lipinski definition) is 4. The lowest BCUT2D eigenvalue weighted by molar-refractivity contribution is 0.253. The predicted molar refractivity (Wildman–Crippen MR) is 90.6 cm³/mol. The number of hydrogen-bond donors (Lipinski definition) is 1. The first kappa shape index (κ1) is 15.9. The maximum atomic E-state index is 12.1. The fourth-order valence-electron chi connectivity index (χ4n) is 3.21. The number of aryl methyl sites for hydroxylation is 2. The van der Waals surface area contributed by atoms with Gasteiger partial charge in [-0.25, -0.2) is 4.98 Å². The lowest BCUT2D eigenvalue weighted by Crippen LogP contribution is -2.30. The Morgan fingerprint density at radius 2 is 2.09 bits per heavy atom. The van der Waals surface area contributed by atoms with E-state index < -0.39 is 0 Å². The third-order valence-corrected chi connectivity index (χ3v) is 4.55. The molecular formula is C17H25N5O. The zero-order valence-corrected chi connectivity index (χ0v) is 14.2. The average molecular weight is 315 g/mol. The molecule has 2 aromatic heterocycles. The Morgan fingerprint density at radius 1 is 1.35 bits per heavy atom. The van der Waals surface area contributed by atoms with Gasteiger partial charge in [-0.15, -0.1) is 0 Å². The Balaban J connectivity index is 1.93. The van der Waals surface area contributed by atoms with Crippen LogP contribution in [-0.4, -0.2) is 44.8 Å². The van der Waals surface area contributed by atoms with Gasteiger partial charge in [0.05, 0.1) is 17.0 Å². The Bertz CT molecular complexity index is 725. The maximum Gasteiger partial charge on any atom is 0.251 e. The molecule has 3 rings (SSSR count). The van der Waals surface area contributed by atoms with Crippen molar-refractivity contribution < 1.29 is 0 Å². The maximum absolute atomic E-state index is 12.1. The van der Waals surface area contributed by atoms with Gasteiger partial charge in [0.25, 0.3) is 5.56 Å². The van der Waals surface area contributed by atoms with E-state index in [2.05, 4.69) is 29.0 Å². The minimum Gasteiger partial charge on any atom is -0.306 e. The zero-order valence-electron chi connectivity index (χ0n) is 14.2. The molecule has 0 spiro atoms.